The lowest BCUT2D eigenvalue weighted by molar-refractivity contribution is -0.376. The average molecular weight is 549 g/mol. The van der Waals surface area contributed by atoms with Crippen molar-refractivity contribution < 1.29 is 39.9 Å². The monoisotopic (exact) mass is 549 g/mol. The first-order chi connectivity index (χ1) is 17.1. The first-order valence-corrected chi connectivity index (χ1v) is 12.4. The number of pyridine rings is 2. The normalized spacial score (nSPS) is 17.9. The Kier molecular flexibility index (Phi) is 6.80. The molecular weight excluding hydrogens is 528 g/mol. The number of aromatic nitrogens is 2. The minimum atomic E-state index is -6.06. The Morgan fingerprint density at radius 3 is 2.11 bits per heavy atom. The highest BCUT2D eigenvalue weighted by atomic mass is 32.2. The number of hydrogen-bond donors (Lipinski definition) is 2. The maximum absolute atomic E-state index is 13.4. The van der Waals surface area contributed by atoms with Gasteiger partial charge in [0.15, 0.2) is 0 Å². The molecule has 200 valence electrons. The summed E-state index contributed by atoms with van der Waals surface area (Å²) < 4.78 is 107. The number of hydrogen-bond acceptors (Lipinski definition) is 7. The van der Waals surface area contributed by atoms with E-state index in [1.165, 1.54) is 21.3 Å². The summed E-state index contributed by atoms with van der Waals surface area (Å²) >= 11 is 0. The molecule has 37 heavy (non-hydrogen) atoms. The van der Waals surface area contributed by atoms with Gasteiger partial charge >= 0.3 is 12.4 Å². The van der Waals surface area contributed by atoms with Gasteiger partial charge in [0.2, 0.25) is 10.0 Å². The smallest absolute Gasteiger partial charge is 0.384 e. The van der Waals surface area contributed by atoms with Gasteiger partial charge in [-0.15, -0.1) is 0 Å². The molecule has 1 saturated carbocycles. The van der Waals surface area contributed by atoms with Gasteiger partial charge in [0, 0.05) is 50.1 Å². The van der Waals surface area contributed by atoms with Crippen molar-refractivity contribution in [2.24, 2.45) is 5.92 Å². The van der Waals surface area contributed by atoms with Crippen LogP contribution in [-0.4, -0.2) is 66.3 Å². The molecule has 2 fully saturated rings. The van der Waals surface area contributed by atoms with Gasteiger partial charge in [0.25, 0.3) is 5.60 Å². The van der Waals surface area contributed by atoms with E-state index in [4.69, 9.17) is 5.73 Å². The molecule has 2 aromatic rings. The lowest BCUT2D eigenvalue weighted by atomic mass is 9.92. The molecular formula is C22H21F6N5O3S. The number of aliphatic hydroxyl groups is 1. The predicted molar refractivity (Wildman–Crippen MR) is 119 cm³/mol. The van der Waals surface area contributed by atoms with E-state index in [0.717, 1.165) is 19.0 Å². The minimum absolute atomic E-state index is 0.00482. The summed E-state index contributed by atoms with van der Waals surface area (Å²) in [5, 5.41) is 9.78. The topological polar surface area (TPSA) is 113 Å². The van der Waals surface area contributed by atoms with E-state index in [-0.39, 0.29) is 54.2 Å². The molecule has 0 bridgehead atoms. The highest BCUT2D eigenvalue weighted by Crippen LogP contribution is 2.50. The number of nitrogen functional groups attached to an aromatic ring is 1. The van der Waals surface area contributed by atoms with Crippen molar-refractivity contribution in [2.45, 2.75) is 35.7 Å². The summed E-state index contributed by atoms with van der Waals surface area (Å²) in [5.41, 5.74) is -1.38. The first-order valence-electron chi connectivity index (χ1n) is 11.0. The van der Waals surface area contributed by atoms with Crippen molar-refractivity contribution in [3.05, 3.63) is 41.7 Å². The van der Waals surface area contributed by atoms with E-state index < -0.39 is 33.5 Å². The van der Waals surface area contributed by atoms with Gasteiger partial charge in [-0.25, -0.2) is 18.4 Å². The summed E-state index contributed by atoms with van der Waals surface area (Å²) in [6.07, 6.45) is -9.19. The summed E-state index contributed by atoms with van der Waals surface area (Å²) in [6, 6.07) is 3.18. The van der Waals surface area contributed by atoms with Crippen LogP contribution in [-0.2, 0) is 15.6 Å². The Morgan fingerprint density at radius 1 is 0.973 bits per heavy atom. The van der Waals surface area contributed by atoms with Crippen molar-refractivity contribution in [3.63, 3.8) is 0 Å². The van der Waals surface area contributed by atoms with Crippen LogP contribution in [0, 0.1) is 17.8 Å². The Morgan fingerprint density at radius 2 is 1.59 bits per heavy atom. The van der Waals surface area contributed by atoms with Gasteiger partial charge in [-0.3, -0.25) is 0 Å². The van der Waals surface area contributed by atoms with Crippen LogP contribution >= 0.6 is 0 Å². The van der Waals surface area contributed by atoms with Gasteiger partial charge in [-0.05, 0) is 31.0 Å². The molecule has 3 heterocycles. The second-order valence-corrected chi connectivity index (χ2v) is 10.6. The molecule has 1 saturated heterocycles. The summed E-state index contributed by atoms with van der Waals surface area (Å²) in [7, 11) is -3.91. The van der Waals surface area contributed by atoms with Crippen molar-refractivity contribution >= 4 is 21.7 Å². The number of sulfonamides is 1. The van der Waals surface area contributed by atoms with Gasteiger partial charge in [0.05, 0.1) is 5.56 Å². The predicted octanol–water partition coefficient (Wildman–Crippen LogP) is 2.64. The van der Waals surface area contributed by atoms with Gasteiger partial charge in [0.1, 0.15) is 16.5 Å². The van der Waals surface area contributed by atoms with E-state index >= 15 is 0 Å². The molecule has 2 aromatic heterocycles. The molecule has 0 amide bonds. The number of halogens is 6. The van der Waals surface area contributed by atoms with E-state index in [9.17, 15) is 39.9 Å². The highest BCUT2D eigenvalue weighted by Gasteiger charge is 2.71. The molecule has 1 aliphatic heterocycles. The molecule has 4 rings (SSSR count). The molecule has 2 aliphatic rings. The quantitative estimate of drug-likeness (QED) is 0.446. The van der Waals surface area contributed by atoms with Gasteiger partial charge in [-0.1, -0.05) is 11.8 Å². The van der Waals surface area contributed by atoms with Gasteiger partial charge < -0.3 is 15.7 Å². The Labute approximate surface area is 208 Å². The Hall–Kier alpha value is -3.09. The summed E-state index contributed by atoms with van der Waals surface area (Å²) in [4.78, 5) is 9.04. The highest BCUT2D eigenvalue weighted by molar-refractivity contribution is 7.89. The lowest BCUT2D eigenvalue weighted by Gasteiger charge is -2.36. The third-order valence-corrected chi connectivity index (χ3v) is 7.91. The molecule has 0 spiro atoms. The number of anilines is 2. The zero-order valence-electron chi connectivity index (χ0n) is 19.0. The van der Waals surface area contributed by atoms with Crippen molar-refractivity contribution in [3.8, 4) is 11.8 Å². The molecule has 0 unspecified atom stereocenters. The number of alkyl halides is 6. The molecule has 15 heteroatoms. The average Bonchev–Trinajstić information content (AvgIpc) is 3.65. The molecule has 3 N–H and O–H groups in total. The van der Waals surface area contributed by atoms with Crippen molar-refractivity contribution in [2.75, 3.05) is 36.8 Å². The van der Waals surface area contributed by atoms with Crippen LogP contribution in [0.1, 0.15) is 24.0 Å². The molecule has 0 aromatic carbocycles. The summed E-state index contributed by atoms with van der Waals surface area (Å²) in [5.74, 6) is 5.50. The number of piperazine rings is 1. The van der Waals surface area contributed by atoms with Crippen LogP contribution in [0.25, 0.3) is 0 Å². The zero-order valence-corrected chi connectivity index (χ0v) is 19.8. The van der Waals surface area contributed by atoms with Crippen LogP contribution in [0.3, 0.4) is 0 Å². The van der Waals surface area contributed by atoms with E-state index in [0.29, 0.717) is 12.3 Å². The minimum Gasteiger partial charge on any atom is -0.384 e. The largest absolute Gasteiger partial charge is 0.430 e. The number of nitrogens with zero attached hydrogens (tertiary/aromatic N) is 4. The maximum atomic E-state index is 13.4. The van der Waals surface area contributed by atoms with Crippen LogP contribution in [0.15, 0.2) is 35.5 Å². The molecule has 1 aliphatic carbocycles. The second-order valence-electron chi connectivity index (χ2n) is 8.65. The molecule has 0 atom stereocenters. The molecule has 0 radical (unpaired) electrons. The SMILES string of the molecule is Nc1ccc(S(=O)(=O)N2CCN(c3ncc(C(O)(C(F)(F)F)C(F)(F)F)cc3C#CC3CC3)CC2)cn1. The van der Waals surface area contributed by atoms with Gasteiger partial charge in [-0.2, -0.15) is 30.6 Å². The van der Waals surface area contributed by atoms with Crippen molar-refractivity contribution in [1.29, 1.82) is 0 Å². The zero-order chi connectivity index (χ0) is 27.2. The van der Waals surface area contributed by atoms with Crippen LogP contribution in [0.5, 0.6) is 0 Å². The first kappa shape index (κ1) is 27.0. The van der Waals surface area contributed by atoms with Crippen LogP contribution < -0.4 is 10.6 Å². The van der Waals surface area contributed by atoms with Crippen molar-refractivity contribution in [1.82, 2.24) is 14.3 Å². The van der Waals surface area contributed by atoms with Crippen LogP contribution in [0.4, 0.5) is 38.0 Å². The Balaban J connectivity index is 1.64. The molecule has 8 nitrogen and oxygen atoms in total. The number of nitrogens with two attached hydrogens (primary N) is 1. The fourth-order valence-corrected chi connectivity index (χ4v) is 5.10. The number of rotatable bonds is 4. The van der Waals surface area contributed by atoms with E-state index in [1.54, 1.807) is 0 Å². The third-order valence-electron chi connectivity index (χ3n) is 6.03. The fourth-order valence-electron chi connectivity index (χ4n) is 3.73. The maximum Gasteiger partial charge on any atom is 0.430 e. The fraction of sp³-hybridized carbons (Fsp3) is 0.455. The Bertz CT molecular complexity index is 1310. The standard InChI is InChI=1S/C22H21F6N5O3S/c23-21(24,25)20(34,22(26,27)28)16-11-15(4-3-14-1-2-14)19(31-12-16)32-7-9-33(10-8-32)37(35,36)17-5-6-18(29)30-13-17/h5-6,11-14,34H,1-2,7-10H2,(H2,29,30). The summed E-state index contributed by atoms with van der Waals surface area (Å²) in [6.45, 7) is -0.00879. The van der Waals surface area contributed by atoms with E-state index in [2.05, 4.69) is 21.8 Å². The van der Waals surface area contributed by atoms with E-state index in [1.807, 2.05) is 0 Å². The van der Waals surface area contributed by atoms with Crippen LogP contribution in [0.2, 0.25) is 0 Å². The lowest BCUT2D eigenvalue weighted by Crippen LogP contribution is -2.54. The third kappa shape index (κ3) is 5.18. The second kappa shape index (κ2) is 9.34.